The number of ether oxygens (including phenoxy) is 3. The van der Waals surface area contributed by atoms with Gasteiger partial charge in [0.25, 0.3) is 5.69 Å². The van der Waals surface area contributed by atoms with E-state index in [0.29, 0.717) is 37.7 Å². The lowest BCUT2D eigenvalue weighted by Crippen LogP contribution is -2.36. The highest BCUT2D eigenvalue weighted by molar-refractivity contribution is 7.90. The van der Waals surface area contributed by atoms with Gasteiger partial charge in [-0.1, -0.05) is 11.6 Å². The number of nitro groups is 1. The van der Waals surface area contributed by atoms with Gasteiger partial charge in [0.1, 0.15) is 22.1 Å². The SMILES string of the molecule is COc1cc(N2CCOCC2)c([N+](=O)[O-])cc1Nc1ncc(Cl)c(Nc2cc(NC(=O)OC(C)(C)C)ccc2S(C)(=O)=O)n1. The summed E-state index contributed by atoms with van der Waals surface area (Å²) in [5.41, 5.74) is 0.000286. The lowest BCUT2D eigenvalue weighted by molar-refractivity contribution is -0.384. The average Bonchev–Trinajstić information content (AvgIpc) is 2.93. The molecule has 236 valence electrons. The molecule has 0 aliphatic carbocycles. The van der Waals surface area contributed by atoms with E-state index >= 15 is 0 Å². The van der Waals surface area contributed by atoms with Crippen molar-refractivity contribution < 1.29 is 32.3 Å². The van der Waals surface area contributed by atoms with Gasteiger partial charge in [-0.25, -0.2) is 18.2 Å². The second-order valence-corrected chi connectivity index (χ2v) is 13.0. The third-order valence-electron chi connectivity index (χ3n) is 6.11. The molecule has 2 aromatic carbocycles. The number of carbonyl (C=O) groups is 1. The molecule has 44 heavy (non-hydrogen) atoms. The quantitative estimate of drug-likeness (QED) is 0.205. The Labute approximate surface area is 258 Å². The van der Waals surface area contributed by atoms with Crippen molar-refractivity contribution in [1.82, 2.24) is 9.97 Å². The molecular weight excluding hydrogens is 618 g/mol. The lowest BCUT2D eigenvalue weighted by Gasteiger charge is -2.29. The largest absolute Gasteiger partial charge is 0.494 e. The van der Waals surface area contributed by atoms with Crippen LogP contribution in [0.1, 0.15) is 20.8 Å². The predicted molar refractivity (Wildman–Crippen MR) is 166 cm³/mol. The van der Waals surface area contributed by atoms with Gasteiger partial charge in [0.15, 0.2) is 15.7 Å². The second kappa shape index (κ2) is 13.1. The number of hydrogen-bond donors (Lipinski definition) is 3. The zero-order valence-electron chi connectivity index (χ0n) is 24.6. The minimum absolute atomic E-state index is 0.0156. The highest BCUT2D eigenvalue weighted by atomic mass is 35.5. The maximum absolute atomic E-state index is 12.5. The van der Waals surface area contributed by atoms with Crippen LogP contribution < -0.4 is 25.6 Å². The molecule has 0 unspecified atom stereocenters. The maximum Gasteiger partial charge on any atom is 0.412 e. The van der Waals surface area contributed by atoms with Gasteiger partial charge >= 0.3 is 6.09 Å². The van der Waals surface area contributed by atoms with E-state index in [0.717, 1.165) is 6.26 Å². The fourth-order valence-corrected chi connectivity index (χ4v) is 5.20. The molecule has 17 heteroatoms. The Hall–Kier alpha value is -4.41. The highest BCUT2D eigenvalue weighted by Gasteiger charge is 2.26. The molecule has 15 nitrogen and oxygen atoms in total. The van der Waals surface area contributed by atoms with E-state index in [2.05, 4.69) is 25.9 Å². The Morgan fingerprint density at radius 2 is 1.84 bits per heavy atom. The normalized spacial score (nSPS) is 13.6. The Morgan fingerprint density at radius 1 is 1.14 bits per heavy atom. The first kappa shape index (κ1) is 32.5. The number of methoxy groups -OCH3 is 1. The summed E-state index contributed by atoms with van der Waals surface area (Å²) in [6.07, 6.45) is 1.57. The van der Waals surface area contributed by atoms with Crippen molar-refractivity contribution in [3.8, 4) is 5.75 Å². The third kappa shape index (κ3) is 8.15. The number of sulfone groups is 1. The molecule has 0 bridgehead atoms. The zero-order chi connectivity index (χ0) is 32.2. The first-order valence-corrected chi connectivity index (χ1v) is 15.5. The molecule has 0 spiro atoms. The van der Waals surface area contributed by atoms with Gasteiger partial charge in [-0.2, -0.15) is 4.98 Å². The third-order valence-corrected chi connectivity index (χ3v) is 7.54. The summed E-state index contributed by atoms with van der Waals surface area (Å²) >= 11 is 6.36. The van der Waals surface area contributed by atoms with E-state index in [1.165, 1.54) is 37.6 Å². The van der Waals surface area contributed by atoms with E-state index in [-0.39, 0.29) is 44.4 Å². The van der Waals surface area contributed by atoms with Gasteiger partial charge in [-0.05, 0) is 39.0 Å². The minimum atomic E-state index is -3.74. The van der Waals surface area contributed by atoms with Crippen LogP contribution in [0.5, 0.6) is 5.75 Å². The maximum atomic E-state index is 12.5. The van der Waals surface area contributed by atoms with Crippen molar-refractivity contribution in [2.45, 2.75) is 31.3 Å². The molecule has 0 atom stereocenters. The number of nitrogens with zero attached hydrogens (tertiary/aromatic N) is 4. The van der Waals surface area contributed by atoms with E-state index in [1.807, 2.05) is 4.90 Å². The summed E-state index contributed by atoms with van der Waals surface area (Å²) < 4.78 is 41.2. The molecule has 4 rings (SSSR count). The van der Waals surface area contributed by atoms with Crippen LogP contribution in [0.4, 0.5) is 45.0 Å². The van der Waals surface area contributed by atoms with Crippen molar-refractivity contribution in [3.05, 3.63) is 51.7 Å². The van der Waals surface area contributed by atoms with Gasteiger partial charge in [0.05, 0.1) is 47.7 Å². The van der Waals surface area contributed by atoms with Gasteiger partial charge in [0, 0.05) is 37.2 Å². The van der Waals surface area contributed by atoms with Crippen LogP contribution in [-0.2, 0) is 19.3 Å². The number of hydrogen-bond acceptors (Lipinski definition) is 13. The molecule has 2 heterocycles. The number of rotatable bonds is 9. The summed E-state index contributed by atoms with van der Waals surface area (Å²) in [4.78, 5) is 34.1. The summed E-state index contributed by atoms with van der Waals surface area (Å²) in [6.45, 7) is 6.97. The molecule has 1 saturated heterocycles. The first-order valence-electron chi connectivity index (χ1n) is 13.2. The van der Waals surface area contributed by atoms with Crippen LogP contribution in [0.25, 0.3) is 0 Å². The topological polar surface area (TPSA) is 187 Å². The van der Waals surface area contributed by atoms with E-state index in [1.54, 1.807) is 26.8 Å². The van der Waals surface area contributed by atoms with Crippen molar-refractivity contribution in [2.75, 3.05) is 60.5 Å². The van der Waals surface area contributed by atoms with Crippen LogP contribution in [0, 0.1) is 10.1 Å². The molecule has 1 aliphatic rings. The first-order chi connectivity index (χ1) is 20.6. The lowest BCUT2D eigenvalue weighted by atomic mass is 10.2. The average molecular weight is 650 g/mol. The number of carbonyl (C=O) groups excluding carboxylic acids is 1. The van der Waals surface area contributed by atoms with Crippen molar-refractivity contribution in [2.24, 2.45) is 0 Å². The summed E-state index contributed by atoms with van der Waals surface area (Å²) in [5, 5.41) is 20.4. The smallest absolute Gasteiger partial charge is 0.412 e. The van der Waals surface area contributed by atoms with Gasteiger partial charge in [-0.15, -0.1) is 0 Å². The molecule has 3 aromatic rings. The van der Waals surface area contributed by atoms with E-state index in [9.17, 15) is 23.3 Å². The van der Waals surface area contributed by atoms with Gasteiger partial charge in [-0.3, -0.25) is 15.4 Å². The van der Waals surface area contributed by atoms with Crippen LogP contribution >= 0.6 is 11.6 Å². The fourth-order valence-electron chi connectivity index (χ4n) is 4.24. The molecule has 0 saturated carbocycles. The standard InChI is InChI=1S/C27H32ClN7O8S/c1-27(2,3)43-26(36)30-16-6-7-23(44(5,39)40)19(12-16)31-24-17(28)15-29-25(33-24)32-18-13-21(35(37)38)20(14-22(18)41-4)34-8-10-42-11-9-34/h6-7,12-15H,8-11H2,1-5H3,(H,30,36)(H2,29,31,32,33). The van der Waals surface area contributed by atoms with Gasteiger partial charge < -0.3 is 29.7 Å². The fraction of sp³-hybridized carbons (Fsp3) is 0.370. The summed E-state index contributed by atoms with van der Waals surface area (Å²) in [5.74, 6) is 0.292. The van der Waals surface area contributed by atoms with E-state index in [4.69, 9.17) is 25.8 Å². The Balaban J connectivity index is 1.67. The molecule has 1 aromatic heterocycles. The second-order valence-electron chi connectivity index (χ2n) is 10.6. The summed E-state index contributed by atoms with van der Waals surface area (Å²) in [7, 11) is -2.31. The van der Waals surface area contributed by atoms with Gasteiger partial charge in [0.2, 0.25) is 5.95 Å². The van der Waals surface area contributed by atoms with Crippen LogP contribution in [0.2, 0.25) is 5.02 Å². The number of nitro benzene ring substituents is 1. The number of nitrogens with one attached hydrogen (secondary N) is 3. The number of anilines is 6. The number of morpholine rings is 1. The Morgan fingerprint density at radius 3 is 2.45 bits per heavy atom. The van der Waals surface area contributed by atoms with Crippen molar-refractivity contribution >= 4 is 67.7 Å². The number of aromatic nitrogens is 2. The minimum Gasteiger partial charge on any atom is -0.494 e. The number of amides is 1. The number of halogens is 1. The predicted octanol–water partition coefficient (Wildman–Crippen LogP) is 5.12. The van der Waals surface area contributed by atoms with Crippen molar-refractivity contribution in [1.29, 1.82) is 0 Å². The molecular formula is C27H32ClN7O8S. The Kier molecular flexibility index (Phi) is 9.66. The monoisotopic (exact) mass is 649 g/mol. The van der Waals surface area contributed by atoms with Crippen molar-refractivity contribution in [3.63, 3.8) is 0 Å². The molecule has 1 amide bonds. The Bertz CT molecular complexity index is 1680. The molecule has 3 N–H and O–H groups in total. The van der Waals surface area contributed by atoms with E-state index < -0.39 is 26.5 Å². The number of benzene rings is 2. The highest BCUT2D eigenvalue weighted by Crippen LogP contribution is 2.40. The van der Waals surface area contributed by atoms with Crippen LogP contribution in [-0.4, -0.2) is 74.7 Å². The molecule has 1 aliphatic heterocycles. The van der Waals surface area contributed by atoms with Crippen LogP contribution in [0.15, 0.2) is 41.4 Å². The zero-order valence-corrected chi connectivity index (χ0v) is 26.2. The molecule has 0 radical (unpaired) electrons. The molecule has 1 fully saturated rings. The van der Waals surface area contributed by atoms with Crippen LogP contribution in [0.3, 0.4) is 0 Å². The summed E-state index contributed by atoms with van der Waals surface area (Å²) in [6, 6.07) is 7.01.